The fraction of sp³-hybridized carbons (Fsp3) is 0.333. The minimum atomic E-state index is -1.02. The summed E-state index contributed by atoms with van der Waals surface area (Å²) in [6.45, 7) is 2.17. The van der Waals surface area contributed by atoms with Crippen molar-refractivity contribution in [2.75, 3.05) is 19.7 Å². The van der Waals surface area contributed by atoms with Crippen molar-refractivity contribution < 1.29 is 24.5 Å². The molecule has 0 radical (unpaired) electrons. The average Bonchev–Trinajstić information content (AvgIpc) is 2.41. The second-order valence-corrected chi connectivity index (χ2v) is 5.25. The Labute approximate surface area is 122 Å². The number of benzene rings is 1. The molecule has 112 valence electrons. The number of hydrogen-bond acceptors (Lipinski definition) is 4. The lowest BCUT2D eigenvalue weighted by Gasteiger charge is -2.46. The van der Waals surface area contributed by atoms with Crippen LogP contribution in [-0.4, -0.2) is 52.3 Å². The van der Waals surface area contributed by atoms with Crippen LogP contribution in [0.5, 0.6) is 5.75 Å². The molecule has 2 rings (SSSR count). The van der Waals surface area contributed by atoms with Gasteiger partial charge in [0.05, 0.1) is 13.1 Å². The van der Waals surface area contributed by atoms with Crippen molar-refractivity contribution >= 4 is 18.0 Å². The second-order valence-electron chi connectivity index (χ2n) is 5.25. The number of likely N-dealkylation sites (tertiary alicyclic amines) is 1. The number of rotatable bonds is 5. The highest BCUT2D eigenvalue weighted by Gasteiger charge is 2.42. The highest BCUT2D eigenvalue weighted by atomic mass is 16.5. The summed E-state index contributed by atoms with van der Waals surface area (Å²) < 4.78 is 5.24. The van der Waals surface area contributed by atoms with Crippen molar-refractivity contribution in [2.24, 2.45) is 0 Å². The number of phenols is 1. The summed E-state index contributed by atoms with van der Waals surface area (Å²) in [5.74, 6) is -1.000. The predicted octanol–water partition coefficient (Wildman–Crippen LogP) is 1.11. The fourth-order valence-corrected chi connectivity index (χ4v) is 2.10. The number of amides is 1. The van der Waals surface area contributed by atoms with E-state index < -0.39 is 11.6 Å². The Hall–Kier alpha value is -2.34. The Bertz CT molecular complexity index is 558. The molecule has 0 unspecified atom stereocenters. The molecule has 6 heteroatoms. The molecule has 1 aromatic rings. The van der Waals surface area contributed by atoms with Crippen LogP contribution in [0.2, 0.25) is 0 Å². The molecule has 6 nitrogen and oxygen atoms in total. The summed E-state index contributed by atoms with van der Waals surface area (Å²) >= 11 is 0. The van der Waals surface area contributed by atoms with Crippen molar-refractivity contribution in [3.63, 3.8) is 0 Å². The molecule has 1 aliphatic heterocycles. The molecule has 0 saturated carbocycles. The topological polar surface area (TPSA) is 87.1 Å². The smallest absolute Gasteiger partial charge is 0.329 e. The Balaban J connectivity index is 1.83. The van der Waals surface area contributed by atoms with E-state index >= 15 is 0 Å². The average molecular weight is 291 g/mol. The number of carbonyl (C=O) groups excluding carboxylic acids is 1. The van der Waals surface area contributed by atoms with Crippen LogP contribution < -0.4 is 0 Å². The van der Waals surface area contributed by atoms with E-state index in [1.807, 2.05) is 0 Å². The SMILES string of the molecule is CC1(OCC(=O)O)CN(C(=O)/C=C/c2ccc(O)cc2)C1. The number of aromatic hydroxyl groups is 1. The number of carboxylic acids is 1. The molecule has 1 aromatic carbocycles. The highest BCUT2D eigenvalue weighted by Crippen LogP contribution is 2.25. The fourth-order valence-electron chi connectivity index (χ4n) is 2.10. The molecular weight excluding hydrogens is 274 g/mol. The molecule has 21 heavy (non-hydrogen) atoms. The minimum Gasteiger partial charge on any atom is -0.508 e. The maximum Gasteiger partial charge on any atom is 0.329 e. The Morgan fingerprint density at radius 3 is 2.52 bits per heavy atom. The van der Waals surface area contributed by atoms with Gasteiger partial charge in [-0.15, -0.1) is 0 Å². The third-order valence-corrected chi connectivity index (χ3v) is 3.22. The molecule has 1 saturated heterocycles. The van der Waals surface area contributed by atoms with E-state index in [4.69, 9.17) is 14.9 Å². The van der Waals surface area contributed by atoms with Gasteiger partial charge in [-0.2, -0.15) is 0 Å². The van der Waals surface area contributed by atoms with Gasteiger partial charge in [-0.25, -0.2) is 4.79 Å². The van der Waals surface area contributed by atoms with E-state index in [0.29, 0.717) is 13.1 Å². The highest BCUT2D eigenvalue weighted by molar-refractivity contribution is 5.92. The molecule has 1 heterocycles. The van der Waals surface area contributed by atoms with E-state index in [1.165, 1.54) is 6.08 Å². The standard InChI is InChI=1S/C15H17NO5/c1-15(21-8-14(19)20)9-16(10-15)13(18)7-4-11-2-5-12(17)6-3-11/h2-7,17H,8-10H2,1H3,(H,19,20)/b7-4+. The molecule has 0 aromatic heterocycles. The van der Waals surface area contributed by atoms with Crippen molar-refractivity contribution in [2.45, 2.75) is 12.5 Å². The lowest BCUT2D eigenvalue weighted by atomic mass is 9.96. The first-order valence-electron chi connectivity index (χ1n) is 6.50. The van der Waals surface area contributed by atoms with E-state index in [9.17, 15) is 9.59 Å². The largest absolute Gasteiger partial charge is 0.508 e. The molecule has 0 bridgehead atoms. The van der Waals surface area contributed by atoms with Crippen molar-refractivity contribution in [3.05, 3.63) is 35.9 Å². The molecule has 1 amide bonds. The predicted molar refractivity (Wildman–Crippen MR) is 75.7 cm³/mol. The Morgan fingerprint density at radius 2 is 1.95 bits per heavy atom. The van der Waals surface area contributed by atoms with Crippen LogP contribution >= 0.6 is 0 Å². The lowest BCUT2D eigenvalue weighted by molar-refractivity contribution is -0.170. The van der Waals surface area contributed by atoms with Crippen LogP contribution in [0.4, 0.5) is 0 Å². The summed E-state index contributed by atoms with van der Waals surface area (Å²) in [7, 11) is 0. The molecule has 2 N–H and O–H groups in total. The van der Waals surface area contributed by atoms with Crippen molar-refractivity contribution in [3.8, 4) is 5.75 Å². The summed E-state index contributed by atoms with van der Waals surface area (Å²) in [6, 6.07) is 6.50. The van der Waals surface area contributed by atoms with Gasteiger partial charge in [0.25, 0.3) is 0 Å². The van der Waals surface area contributed by atoms with Gasteiger partial charge in [0.1, 0.15) is 18.0 Å². The Kier molecular flexibility index (Phi) is 4.28. The van der Waals surface area contributed by atoms with Crippen molar-refractivity contribution in [1.82, 2.24) is 4.90 Å². The van der Waals surface area contributed by atoms with Crippen LogP contribution in [0.15, 0.2) is 30.3 Å². The molecule has 1 fully saturated rings. The van der Waals surface area contributed by atoms with Gasteiger partial charge in [-0.1, -0.05) is 12.1 Å². The first-order chi connectivity index (χ1) is 9.88. The molecule has 0 spiro atoms. The molecule has 0 aliphatic carbocycles. The number of aliphatic carboxylic acids is 1. The van der Waals surface area contributed by atoms with Crippen LogP contribution in [-0.2, 0) is 14.3 Å². The van der Waals surface area contributed by atoms with E-state index in [-0.39, 0.29) is 18.3 Å². The first-order valence-corrected chi connectivity index (χ1v) is 6.50. The van der Waals surface area contributed by atoms with Gasteiger partial charge in [0.2, 0.25) is 5.91 Å². The van der Waals surface area contributed by atoms with Gasteiger partial charge in [0, 0.05) is 6.08 Å². The third-order valence-electron chi connectivity index (χ3n) is 3.22. The van der Waals surface area contributed by atoms with E-state index in [0.717, 1.165) is 5.56 Å². The zero-order valence-corrected chi connectivity index (χ0v) is 11.7. The number of carbonyl (C=O) groups is 2. The number of ether oxygens (including phenoxy) is 1. The minimum absolute atomic E-state index is 0.153. The summed E-state index contributed by atoms with van der Waals surface area (Å²) in [5.41, 5.74) is 0.229. The molecular formula is C15H17NO5. The van der Waals surface area contributed by atoms with Gasteiger partial charge in [0.15, 0.2) is 0 Å². The Morgan fingerprint density at radius 1 is 1.33 bits per heavy atom. The van der Waals surface area contributed by atoms with Crippen LogP contribution in [0, 0.1) is 0 Å². The number of nitrogens with zero attached hydrogens (tertiary/aromatic N) is 1. The van der Waals surface area contributed by atoms with E-state index in [1.54, 1.807) is 42.2 Å². The van der Waals surface area contributed by atoms with Gasteiger partial charge in [-0.3, -0.25) is 4.79 Å². The van der Waals surface area contributed by atoms with Crippen molar-refractivity contribution in [1.29, 1.82) is 0 Å². The zero-order valence-electron chi connectivity index (χ0n) is 11.7. The van der Waals surface area contributed by atoms with Crippen LogP contribution in [0.25, 0.3) is 6.08 Å². The summed E-state index contributed by atoms with van der Waals surface area (Å²) in [4.78, 5) is 23.9. The maximum atomic E-state index is 11.9. The second kappa shape index (κ2) is 5.97. The van der Waals surface area contributed by atoms with Gasteiger partial charge < -0.3 is 19.8 Å². The summed E-state index contributed by atoms with van der Waals surface area (Å²) in [5, 5.41) is 17.7. The van der Waals surface area contributed by atoms with Gasteiger partial charge >= 0.3 is 5.97 Å². The quantitative estimate of drug-likeness (QED) is 0.793. The monoisotopic (exact) mass is 291 g/mol. The van der Waals surface area contributed by atoms with Crippen LogP contribution in [0.3, 0.4) is 0 Å². The molecule has 1 aliphatic rings. The first kappa shape index (κ1) is 15.1. The third kappa shape index (κ3) is 4.06. The number of hydrogen-bond donors (Lipinski definition) is 2. The lowest BCUT2D eigenvalue weighted by Crippen LogP contribution is -2.63. The number of phenolic OH excluding ortho intramolecular Hbond substituents is 1. The van der Waals surface area contributed by atoms with E-state index in [2.05, 4.69) is 0 Å². The normalized spacial score (nSPS) is 16.7. The van der Waals surface area contributed by atoms with Crippen LogP contribution in [0.1, 0.15) is 12.5 Å². The van der Waals surface area contributed by atoms with Gasteiger partial charge in [-0.05, 0) is 30.7 Å². The molecule has 0 atom stereocenters. The maximum absolute atomic E-state index is 11.9. The zero-order chi connectivity index (χ0) is 15.5. The summed E-state index contributed by atoms with van der Waals surface area (Å²) in [6.07, 6.45) is 3.11. The number of carboxylic acid groups (broad SMARTS) is 1.